The summed E-state index contributed by atoms with van der Waals surface area (Å²) in [6.07, 6.45) is -0.917. The summed E-state index contributed by atoms with van der Waals surface area (Å²) in [4.78, 5) is 71.0. The second kappa shape index (κ2) is 13.2. The van der Waals surface area contributed by atoms with Gasteiger partial charge in [0.2, 0.25) is 5.95 Å². The van der Waals surface area contributed by atoms with Gasteiger partial charge in [0.05, 0.1) is 19.0 Å². The minimum Gasteiger partial charge on any atom is -0.390 e. The predicted molar refractivity (Wildman–Crippen MR) is 152 cm³/mol. The van der Waals surface area contributed by atoms with E-state index >= 15 is 0 Å². The van der Waals surface area contributed by atoms with Gasteiger partial charge in [-0.25, -0.2) is 23.2 Å². The Kier molecular flexibility index (Phi) is 10.4. The maximum absolute atomic E-state index is 13.4. The average molecular weight is 703 g/mol. The molecule has 1 aliphatic heterocycles. The van der Waals surface area contributed by atoms with Gasteiger partial charge in [-0.1, -0.05) is 39.8 Å². The Labute approximate surface area is 249 Å². The molecule has 5 atom stereocenters. The molecule has 0 spiro atoms. The van der Waals surface area contributed by atoms with Crippen LogP contribution in [0.3, 0.4) is 0 Å². The maximum atomic E-state index is 13.4. The number of anilines is 1. The Bertz CT molecular complexity index is 1730. The van der Waals surface area contributed by atoms with E-state index in [0.717, 1.165) is 6.33 Å². The predicted octanol–water partition coefficient (Wildman–Crippen LogP) is 1.37. The van der Waals surface area contributed by atoms with Crippen molar-refractivity contribution in [1.29, 1.82) is 0 Å². The zero-order valence-corrected chi connectivity index (χ0v) is 26.0. The number of carbonyl (C=O) groups excluding carboxylic acids is 1. The monoisotopic (exact) mass is 703 g/mol. The largest absolute Gasteiger partial charge is 0.490 e. The first-order chi connectivity index (χ1) is 20.0. The van der Waals surface area contributed by atoms with Gasteiger partial charge in [0.15, 0.2) is 11.2 Å². The molecule has 1 saturated heterocycles. The second-order valence-electron chi connectivity index (χ2n) is 8.64. The number of hydrogen-bond acceptors (Lipinski definition) is 15. The molecule has 3 heterocycles. The Balaban J connectivity index is 1.52. The third kappa shape index (κ3) is 8.22. The summed E-state index contributed by atoms with van der Waals surface area (Å²) in [5, 5.41) is 10.4. The van der Waals surface area contributed by atoms with Crippen LogP contribution in [-0.4, -0.2) is 74.8 Å². The molecule has 43 heavy (non-hydrogen) atoms. The minimum atomic E-state index is -5.73. The first-order valence-electron chi connectivity index (χ1n) is 11.7. The Morgan fingerprint density at radius 2 is 1.86 bits per heavy atom. The Hall–Kier alpha value is -1.93. The summed E-state index contributed by atoms with van der Waals surface area (Å²) in [7, 11) is -13.8. The van der Waals surface area contributed by atoms with Gasteiger partial charge in [0, 0.05) is 17.7 Å². The maximum Gasteiger partial charge on any atom is 0.490 e. The van der Waals surface area contributed by atoms with E-state index in [1.54, 1.807) is 24.3 Å². The van der Waals surface area contributed by atoms with Crippen LogP contribution in [0.5, 0.6) is 0 Å². The standard InChI is InChI=1S/C19H24N5O14P3S2/c1-42-43-8-10-4-2-3-5-11(10)17(26)24-18(27)15-16(22-19(24)20)23(9-21-15)14-6-12(25)13(36-14)7-35-40(31,32)38-41(33,34)37-39(28,29)30/h2-5,9,12-14,25H,6-8H2,1H3,(H2,20,22)(H,31,32)(H,33,34)(H2,28,29,30)/t12?,13-,14-/m1/s1. The van der Waals surface area contributed by atoms with Crippen LogP contribution in [0.1, 0.15) is 28.6 Å². The number of benzene rings is 1. The summed E-state index contributed by atoms with van der Waals surface area (Å²) in [6, 6.07) is 6.71. The number of aromatic nitrogens is 4. The summed E-state index contributed by atoms with van der Waals surface area (Å²) >= 11 is 0. The van der Waals surface area contributed by atoms with E-state index in [0.29, 0.717) is 15.9 Å². The normalized spacial score (nSPS) is 22.0. The molecule has 24 heteroatoms. The number of aliphatic hydroxyl groups excluding tert-OH is 1. The van der Waals surface area contributed by atoms with Crippen molar-refractivity contribution in [2.45, 2.75) is 30.6 Å². The van der Waals surface area contributed by atoms with Crippen LogP contribution in [0.15, 0.2) is 35.4 Å². The van der Waals surface area contributed by atoms with Crippen molar-refractivity contribution < 1.29 is 61.1 Å². The molecular weight excluding hydrogens is 679 g/mol. The molecule has 1 aromatic carbocycles. The van der Waals surface area contributed by atoms with Crippen LogP contribution in [0.4, 0.5) is 5.95 Å². The molecule has 2 aromatic heterocycles. The van der Waals surface area contributed by atoms with Gasteiger partial charge < -0.3 is 35.2 Å². The van der Waals surface area contributed by atoms with E-state index in [9.17, 15) is 38.2 Å². The average Bonchev–Trinajstić information content (AvgIpc) is 3.47. The number of aliphatic hydroxyl groups is 1. The van der Waals surface area contributed by atoms with E-state index in [2.05, 4.69) is 23.1 Å². The van der Waals surface area contributed by atoms with Crippen LogP contribution in [0, 0.1) is 0 Å². The molecule has 0 aliphatic carbocycles. The van der Waals surface area contributed by atoms with Crippen molar-refractivity contribution in [2.75, 3.05) is 18.6 Å². The number of nitrogens with two attached hydrogens (primary N) is 1. The minimum absolute atomic E-state index is 0.0940. The van der Waals surface area contributed by atoms with Gasteiger partial charge in [0.1, 0.15) is 12.3 Å². The SMILES string of the molecule is CSSCc1ccccc1C(=O)n1c(N)nc2c(ncn2[C@H]2CC(O)[C@@H](COP(=O)(O)OP(=O)(O)OP(=O)(O)O)O2)c1=O. The third-order valence-electron chi connectivity index (χ3n) is 5.74. The van der Waals surface area contributed by atoms with Crippen LogP contribution < -0.4 is 11.3 Å². The number of hydrogen-bond donors (Lipinski definition) is 6. The topological polar surface area (TPSA) is 285 Å². The lowest BCUT2D eigenvalue weighted by molar-refractivity contribution is -0.0423. The fraction of sp³-hybridized carbons (Fsp3) is 0.368. The molecule has 0 saturated carbocycles. The van der Waals surface area contributed by atoms with Crippen LogP contribution in [0.2, 0.25) is 0 Å². The molecule has 19 nitrogen and oxygen atoms in total. The highest BCUT2D eigenvalue weighted by Crippen LogP contribution is 2.66. The van der Waals surface area contributed by atoms with Crippen LogP contribution in [-0.2, 0) is 37.3 Å². The highest BCUT2D eigenvalue weighted by atomic mass is 33.1. The van der Waals surface area contributed by atoms with Gasteiger partial charge in [-0.3, -0.25) is 18.7 Å². The molecular formula is C19H24N5O14P3S2. The Morgan fingerprint density at radius 1 is 1.16 bits per heavy atom. The molecule has 4 rings (SSSR count). The molecule has 7 N–H and O–H groups in total. The van der Waals surface area contributed by atoms with Gasteiger partial charge in [0.25, 0.3) is 11.5 Å². The number of carbonyl (C=O) groups is 1. The van der Waals surface area contributed by atoms with Crippen molar-refractivity contribution in [3.05, 3.63) is 52.1 Å². The van der Waals surface area contributed by atoms with Crippen LogP contribution >= 0.6 is 45.1 Å². The van der Waals surface area contributed by atoms with Crippen molar-refractivity contribution in [2.24, 2.45) is 0 Å². The van der Waals surface area contributed by atoms with Gasteiger partial charge in [-0.2, -0.15) is 13.6 Å². The van der Waals surface area contributed by atoms with E-state index in [4.69, 9.17) is 20.3 Å². The fourth-order valence-corrected chi connectivity index (χ4v) is 8.26. The first-order valence-corrected chi connectivity index (χ1v) is 18.9. The van der Waals surface area contributed by atoms with Crippen molar-refractivity contribution >= 4 is 68.1 Å². The molecule has 0 bridgehead atoms. The number of phosphoric acid groups is 3. The zero-order valence-electron chi connectivity index (χ0n) is 21.7. The lowest BCUT2D eigenvalue weighted by Gasteiger charge is -2.19. The smallest absolute Gasteiger partial charge is 0.390 e. The lowest BCUT2D eigenvalue weighted by atomic mass is 10.1. The number of fused-ring (bicyclic) bond motifs is 1. The number of imidazole rings is 1. The molecule has 236 valence electrons. The third-order valence-corrected chi connectivity index (χ3v) is 11.3. The van der Waals surface area contributed by atoms with Gasteiger partial charge >= 0.3 is 23.5 Å². The molecule has 3 aromatic rings. The number of nitrogen functional groups attached to an aromatic ring is 1. The molecule has 3 unspecified atom stereocenters. The molecule has 1 aliphatic rings. The fourth-order valence-electron chi connectivity index (χ4n) is 4.00. The van der Waals surface area contributed by atoms with Crippen molar-refractivity contribution in [3.63, 3.8) is 0 Å². The highest BCUT2D eigenvalue weighted by molar-refractivity contribution is 8.76. The summed E-state index contributed by atoms with van der Waals surface area (Å²) in [6.45, 7) is -0.904. The van der Waals surface area contributed by atoms with Crippen LogP contribution in [0.25, 0.3) is 11.2 Å². The van der Waals surface area contributed by atoms with E-state index in [1.165, 1.54) is 26.2 Å². The van der Waals surface area contributed by atoms with Crippen molar-refractivity contribution in [3.8, 4) is 0 Å². The number of phosphoric ester groups is 1. The number of nitrogens with zero attached hydrogens (tertiary/aromatic N) is 4. The van der Waals surface area contributed by atoms with E-state index < -0.39 is 65.9 Å². The summed E-state index contributed by atoms with van der Waals surface area (Å²) < 4.78 is 53.6. The number of rotatable bonds is 12. The molecule has 0 amide bonds. The van der Waals surface area contributed by atoms with Gasteiger partial charge in [-0.05, 0) is 17.9 Å². The van der Waals surface area contributed by atoms with E-state index in [-0.39, 0.29) is 23.1 Å². The van der Waals surface area contributed by atoms with Gasteiger partial charge in [-0.15, -0.1) is 0 Å². The highest BCUT2D eigenvalue weighted by Gasteiger charge is 2.43. The molecule has 1 fully saturated rings. The lowest BCUT2D eigenvalue weighted by Crippen LogP contribution is -2.31. The second-order valence-corrected chi connectivity index (χ2v) is 15.6. The van der Waals surface area contributed by atoms with E-state index in [1.807, 2.05) is 6.26 Å². The Morgan fingerprint density at radius 3 is 2.53 bits per heavy atom. The number of ether oxygens (including phenoxy) is 1. The summed E-state index contributed by atoms with van der Waals surface area (Å²) in [5.41, 5.74) is 5.77. The van der Waals surface area contributed by atoms with Crippen molar-refractivity contribution in [1.82, 2.24) is 19.1 Å². The first kappa shape index (κ1) is 34.0. The zero-order chi connectivity index (χ0) is 31.7. The summed E-state index contributed by atoms with van der Waals surface area (Å²) in [5.74, 6) is -0.658. The molecule has 0 radical (unpaired) electrons. The quantitative estimate of drug-likeness (QED) is 0.115.